The fourth-order valence-electron chi connectivity index (χ4n) is 4.11. The van der Waals surface area contributed by atoms with Crippen LogP contribution in [0.2, 0.25) is 0 Å². The third-order valence-electron chi connectivity index (χ3n) is 5.79. The number of hydrogen-bond acceptors (Lipinski definition) is 5. The van der Waals surface area contributed by atoms with Gasteiger partial charge in [0.1, 0.15) is 5.82 Å². The number of halogens is 1. The predicted molar refractivity (Wildman–Crippen MR) is 116 cm³/mol. The van der Waals surface area contributed by atoms with E-state index in [0.29, 0.717) is 18.7 Å². The molecule has 30 heavy (non-hydrogen) atoms. The summed E-state index contributed by atoms with van der Waals surface area (Å²) in [7, 11) is 1.87. The Morgan fingerprint density at radius 1 is 1.23 bits per heavy atom. The molecule has 2 atom stereocenters. The lowest BCUT2D eigenvalue weighted by atomic mass is 9.93. The molecule has 0 N–H and O–H groups in total. The first-order valence-corrected chi connectivity index (χ1v) is 11.2. The van der Waals surface area contributed by atoms with E-state index in [1.54, 1.807) is 36.0 Å². The fourth-order valence-corrected chi connectivity index (χ4v) is 5.03. The molecule has 0 amide bonds. The van der Waals surface area contributed by atoms with Gasteiger partial charge in [-0.05, 0) is 43.0 Å². The lowest BCUT2D eigenvalue weighted by Crippen LogP contribution is -2.43. The van der Waals surface area contributed by atoms with Crippen LogP contribution in [0.25, 0.3) is 6.08 Å². The van der Waals surface area contributed by atoms with Crippen molar-refractivity contribution in [3.8, 4) is 0 Å². The van der Waals surface area contributed by atoms with E-state index in [0.717, 1.165) is 30.5 Å². The summed E-state index contributed by atoms with van der Waals surface area (Å²) in [5.41, 5.74) is 2.46. The summed E-state index contributed by atoms with van der Waals surface area (Å²) >= 11 is 1.33. The van der Waals surface area contributed by atoms with Crippen LogP contribution in [0.4, 0.5) is 4.39 Å². The second-order valence-corrected chi connectivity index (χ2v) is 9.44. The quantitative estimate of drug-likeness (QED) is 0.697. The van der Waals surface area contributed by atoms with Crippen molar-refractivity contribution < 1.29 is 14.0 Å². The average molecular weight is 428 g/mol. The maximum absolute atomic E-state index is 14.7. The second-order valence-electron chi connectivity index (χ2n) is 8.06. The standard InChI is InChI=1S/C23H26FN3O2S/c1-15(28)30-21-10-12-27(14-17(21)13-18-9-11-25-26(18)2)22(23(29)16-7-8-16)19-5-3-4-6-20(19)24/h3-6,9,11,13,16,21-22H,7-8,10,12,14H2,1-2H3/b17-13-. The van der Waals surface area contributed by atoms with Gasteiger partial charge in [0.05, 0.1) is 11.7 Å². The Morgan fingerprint density at radius 2 is 2.00 bits per heavy atom. The van der Waals surface area contributed by atoms with Crippen molar-refractivity contribution in [3.63, 3.8) is 0 Å². The highest BCUT2D eigenvalue weighted by molar-refractivity contribution is 8.14. The minimum Gasteiger partial charge on any atom is -0.297 e. The van der Waals surface area contributed by atoms with E-state index in [1.165, 1.54) is 17.8 Å². The summed E-state index contributed by atoms with van der Waals surface area (Å²) in [5, 5.41) is 4.34. The molecule has 1 aliphatic carbocycles. The van der Waals surface area contributed by atoms with Crippen molar-refractivity contribution in [2.75, 3.05) is 13.1 Å². The van der Waals surface area contributed by atoms with Crippen LogP contribution in [0.15, 0.2) is 42.1 Å². The molecule has 5 nitrogen and oxygen atoms in total. The molecule has 2 heterocycles. The molecule has 158 valence electrons. The van der Waals surface area contributed by atoms with Gasteiger partial charge in [0.15, 0.2) is 10.9 Å². The molecule has 2 unspecified atom stereocenters. The molecule has 0 bridgehead atoms. The van der Waals surface area contributed by atoms with Crippen molar-refractivity contribution in [2.45, 2.75) is 37.5 Å². The van der Waals surface area contributed by atoms with Gasteiger partial charge in [0, 0.05) is 50.0 Å². The van der Waals surface area contributed by atoms with Crippen molar-refractivity contribution in [3.05, 3.63) is 59.2 Å². The van der Waals surface area contributed by atoms with E-state index in [2.05, 4.69) is 16.1 Å². The molecule has 0 spiro atoms. The Morgan fingerprint density at radius 3 is 2.63 bits per heavy atom. The molecule has 2 aromatic rings. The molecule has 0 radical (unpaired) electrons. The highest BCUT2D eigenvalue weighted by Crippen LogP contribution is 2.40. The summed E-state index contributed by atoms with van der Waals surface area (Å²) in [6, 6.07) is 7.92. The van der Waals surface area contributed by atoms with Crippen molar-refractivity contribution in [1.29, 1.82) is 0 Å². The number of benzene rings is 1. The molecule has 2 fully saturated rings. The normalized spacial score (nSPS) is 22.2. The number of hydrogen-bond donors (Lipinski definition) is 0. The van der Waals surface area contributed by atoms with Gasteiger partial charge >= 0.3 is 0 Å². The topological polar surface area (TPSA) is 55.2 Å². The minimum absolute atomic E-state index is 0.0310. The zero-order valence-corrected chi connectivity index (χ0v) is 18.1. The lowest BCUT2D eigenvalue weighted by Gasteiger charge is -2.38. The fraction of sp³-hybridized carbons (Fsp3) is 0.435. The smallest absolute Gasteiger partial charge is 0.186 e. The lowest BCUT2D eigenvalue weighted by molar-refractivity contribution is -0.126. The summed E-state index contributed by atoms with van der Waals surface area (Å²) in [6.07, 6.45) is 6.30. The number of aryl methyl sites for hydroxylation is 1. The number of aromatic nitrogens is 2. The SMILES string of the molecule is CC(=O)SC1CCN(C(C(=O)C2CC2)c2ccccc2F)C/C1=C/c1ccnn1C. The molecule has 1 saturated carbocycles. The van der Waals surface area contributed by atoms with Crippen LogP contribution < -0.4 is 0 Å². The first-order valence-electron chi connectivity index (χ1n) is 10.3. The molecule has 1 aliphatic heterocycles. The number of nitrogens with zero attached hydrogens (tertiary/aromatic N) is 3. The van der Waals surface area contributed by atoms with Crippen LogP contribution in [-0.4, -0.2) is 43.9 Å². The van der Waals surface area contributed by atoms with E-state index in [1.807, 2.05) is 13.1 Å². The Hall–Kier alpha value is -2.25. The highest BCUT2D eigenvalue weighted by atomic mass is 32.2. The predicted octanol–water partition coefficient (Wildman–Crippen LogP) is 4.02. The van der Waals surface area contributed by atoms with E-state index in [4.69, 9.17) is 0 Å². The summed E-state index contributed by atoms with van der Waals surface area (Å²) < 4.78 is 16.5. The minimum atomic E-state index is -0.586. The van der Waals surface area contributed by atoms with Gasteiger partial charge in [-0.2, -0.15) is 5.10 Å². The van der Waals surface area contributed by atoms with Gasteiger partial charge in [-0.25, -0.2) is 4.39 Å². The van der Waals surface area contributed by atoms with Crippen LogP contribution in [-0.2, 0) is 16.6 Å². The third kappa shape index (κ3) is 4.57. The average Bonchev–Trinajstić information content (AvgIpc) is 3.48. The van der Waals surface area contributed by atoms with Crippen molar-refractivity contribution >= 4 is 28.7 Å². The van der Waals surface area contributed by atoms with Crippen LogP contribution in [0, 0.1) is 11.7 Å². The maximum atomic E-state index is 14.7. The molecule has 2 aliphatic rings. The molecule has 1 saturated heterocycles. The van der Waals surface area contributed by atoms with E-state index in [9.17, 15) is 14.0 Å². The zero-order chi connectivity index (χ0) is 21.3. The van der Waals surface area contributed by atoms with E-state index >= 15 is 0 Å². The molecule has 4 rings (SSSR count). The Kier molecular flexibility index (Phi) is 6.20. The van der Waals surface area contributed by atoms with E-state index < -0.39 is 6.04 Å². The van der Waals surface area contributed by atoms with Crippen molar-refractivity contribution in [2.24, 2.45) is 13.0 Å². The van der Waals surface area contributed by atoms with Crippen molar-refractivity contribution in [1.82, 2.24) is 14.7 Å². The van der Waals surface area contributed by atoms with Gasteiger partial charge in [-0.15, -0.1) is 0 Å². The number of Topliss-reactive ketones (excluding diaryl/α,β-unsaturated/α-hetero) is 1. The van der Waals surface area contributed by atoms with Crippen LogP contribution in [0.1, 0.15) is 43.5 Å². The number of carbonyl (C=O) groups excluding carboxylic acids is 2. The first-order chi connectivity index (χ1) is 14.4. The molecule has 7 heteroatoms. The van der Waals surface area contributed by atoms with Gasteiger partial charge in [-0.3, -0.25) is 19.2 Å². The number of likely N-dealkylation sites (tertiary alicyclic amines) is 1. The van der Waals surface area contributed by atoms with Gasteiger partial charge in [-0.1, -0.05) is 30.0 Å². The van der Waals surface area contributed by atoms with Crippen LogP contribution >= 0.6 is 11.8 Å². The first kappa shape index (κ1) is 21.0. The number of rotatable bonds is 6. The monoisotopic (exact) mass is 427 g/mol. The van der Waals surface area contributed by atoms with Gasteiger partial charge in [0.25, 0.3) is 0 Å². The Bertz CT molecular complexity index is 982. The zero-order valence-electron chi connectivity index (χ0n) is 17.3. The molecule has 1 aromatic carbocycles. The largest absolute Gasteiger partial charge is 0.297 e. The third-order valence-corrected chi connectivity index (χ3v) is 6.95. The summed E-state index contributed by atoms with van der Waals surface area (Å²) in [4.78, 5) is 27.1. The van der Waals surface area contributed by atoms with Gasteiger partial charge in [0.2, 0.25) is 0 Å². The van der Waals surface area contributed by atoms with Crippen LogP contribution in [0.5, 0.6) is 0 Å². The van der Waals surface area contributed by atoms with E-state index in [-0.39, 0.29) is 27.9 Å². The Labute approximate surface area is 180 Å². The maximum Gasteiger partial charge on any atom is 0.186 e. The summed E-state index contributed by atoms with van der Waals surface area (Å²) in [5.74, 6) is -0.199. The van der Waals surface area contributed by atoms with Crippen LogP contribution in [0.3, 0.4) is 0 Å². The Balaban J connectivity index is 1.68. The number of thioether (sulfide) groups is 1. The molecule has 1 aromatic heterocycles. The number of ketones is 1. The highest BCUT2D eigenvalue weighted by Gasteiger charge is 2.41. The summed E-state index contributed by atoms with van der Waals surface area (Å²) in [6.45, 7) is 2.75. The number of piperidine rings is 1. The second kappa shape index (κ2) is 8.86. The molecular formula is C23H26FN3O2S. The van der Waals surface area contributed by atoms with Gasteiger partial charge < -0.3 is 0 Å². The number of carbonyl (C=O) groups is 2. The molecular weight excluding hydrogens is 401 g/mol.